The minimum atomic E-state index is 0.0789. The number of carbonyl (C=O) groups excluding carboxylic acids is 1. The molecule has 0 bridgehead atoms. The first kappa shape index (κ1) is 16.3. The van der Waals surface area contributed by atoms with Crippen LogP contribution in [0.15, 0.2) is 54.7 Å². The van der Waals surface area contributed by atoms with Gasteiger partial charge in [0.2, 0.25) is 5.91 Å². The Morgan fingerprint density at radius 1 is 1.04 bits per heavy atom. The summed E-state index contributed by atoms with van der Waals surface area (Å²) in [5.74, 6) is 0.0789. The third kappa shape index (κ3) is 4.03. The number of aryl methyl sites for hydroxylation is 1. The van der Waals surface area contributed by atoms with Crippen molar-refractivity contribution in [3.63, 3.8) is 0 Å². The zero-order valence-electron chi connectivity index (χ0n) is 13.7. The lowest BCUT2D eigenvalue weighted by Gasteiger charge is -2.06. The van der Waals surface area contributed by atoms with Gasteiger partial charge in [-0.3, -0.25) is 4.79 Å². The molecule has 3 rings (SSSR count). The van der Waals surface area contributed by atoms with Crippen molar-refractivity contribution >= 4 is 16.8 Å². The maximum absolute atomic E-state index is 12.0. The first-order valence-corrected chi connectivity index (χ1v) is 8.36. The van der Waals surface area contributed by atoms with Gasteiger partial charge in [-0.15, -0.1) is 0 Å². The molecule has 4 nitrogen and oxygen atoms in total. The summed E-state index contributed by atoms with van der Waals surface area (Å²) in [6.07, 6.45) is 4.12. The van der Waals surface area contributed by atoms with Crippen molar-refractivity contribution in [1.82, 2.24) is 10.3 Å². The van der Waals surface area contributed by atoms with Gasteiger partial charge in [0.05, 0.1) is 0 Å². The molecular formula is C20H23N3O. The summed E-state index contributed by atoms with van der Waals surface area (Å²) in [4.78, 5) is 15.3. The van der Waals surface area contributed by atoms with Crippen molar-refractivity contribution in [3.05, 3.63) is 71.4 Å². The van der Waals surface area contributed by atoms with Gasteiger partial charge >= 0.3 is 0 Å². The Kier molecular flexibility index (Phi) is 5.29. The molecule has 0 aliphatic carbocycles. The number of nitrogens with two attached hydrogens (primary N) is 1. The van der Waals surface area contributed by atoms with E-state index < -0.39 is 0 Å². The molecule has 0 saturated carbocycles. The second kappa shape index (κ2) is 7.79. The Balaban J connectivity index is 1.56. The summed E-state index contributed by atoms with van der Waals surface area (Å²) in [6, 6.07) is 16.3. The maximum atomic E-state index is 12.0. The van der Waals surface area contributed by atoms with Crippen molar-refractivity contribution in [2.75, 3.05) is 6.54 Å². The van der Waals surface area contributed by atoms with E-state index in [1.165, 1.54) is 16.5 Å². The predicted molar refractivity (Wildman–Crippen MR) is 97.7 cm³/mol. The highest BCUT2D eigenvalue weighted by Gasteiger charge is 2.06. The number of hydrogen-bond donors (Lipinski definition) is 3. The number of aromatic nitrogens is 1. The molecule has 2 aromatic carbocycles. The molecule has 124 valence electrons. The van der Waals surface area contributed by atoms with Crippen LogP contribution in [0.4, 0.5) is 0 Å². The smallest absolute Gasteiger partial charge is 0.220 e. The van der Waals surface area contributed by atoms with Crippen molar-refractivity contribution in [2.45, 2.75) is 25.8 Å². The number of amides is 1. The molecule has 0 radical (unpaired) electrons. The van der Waals surface area contributed by atoms with E-state index in [9.17, 15) is 4.79 Å². The number of rotatable bonds is 7. The lowest BCUT2D eigenvalue weighted by atomic mass is 10.0. The van der Waals surface area contributed by atoms with Crippen LogP contribution in [0.5, 0.6) is 0 Å². The van der Waals surface area contributed by atoms with E-state index in [0.29, 0.717) is 19.5 Å². The fourth-order valence-electron chi connectivity index (χ4n) is 2.89. The molecule has 24 heavy (non-hydrogen) atoms. The van der Waals surface area contributed by atoms with Crippen molar-refractivity contribution in [1.29, 1.82) is 0 Å². The third-order valence-corrected chi connectivity index (χ3v) is 4.22. The van der Waals surface area contributed by atoms with E-state index >= 15 is 0 Å². The zero-order valence-corrected chi connectivity index (χ0v) is 13.7. The van der Waals surface area contributed by atoms with Crippen LogP contribution in [0.3, 0.4) is 0 Å². The van der Waals surface area contributed by atoms with Crippen molar-refractivity contribution < 1.29 is 4.79 Å². The van der Waals surface area contributed by atoms with Gasteiger partial charge in [-0.1, -0.05) is 36.4 Å². The Morgan fingerprint density at radius 3 is 2.67 bits per heavy atom. The van der Waals surface area contributed by atoms with Gasteiger partial charge in [0.1, 0.15) is 0 Å². The van der Waals surface area contributed by atoms with Gasteiger partial charge in [0.25, 0.3) is 0 Å². The van der Waals surface area contributed by atoms with Gasteiger partial charge in [-0.2, -0.15) is 0 Å². The van der Waals surface area contributed by atoms with E-state index in [1.807, 2.05) is 36.5 Å². The highest BCUT2D eigenvalue weighted by Crippen LogP contribution is 2.21. The molecular weight excluding hydrogens is 298 g/mol. The third-order valence-electron chi connectivity index (χ3n) is 4.22. The predicted octanol–water partition coefficient (Wildman–Crippen LogP) is 2.92. The van der Waals surface area contributed by atoms with Crippen LogP contribution in [0.1, 0.15) is 23.1 Å². The van der Waals surface area contributed by atoms with Crippen LogP contribution >= 0.6 is 0 Å². The first-order chi connectivity index (χ1) is 11.8. The number of carbonyl (C=O) groups is 1. The van der Waals surface area contributed by atoms with Gasteiger partial charge < -0.3 is 16.0 Å². The number of fused-ring (bicyclic) bond motifs is 1. The molecule has 0 atom stereocenters. The largest absolute Gasteiger partial charge is 0.361 e. The van der Waals surface area contributed by atoms with E-state index in [2.05, 4.69) is 28.5 Å². The number of benzene rings is 2. The summed E-state index contributed by atoms with van der Waals surface area (Å²) in [5, 5.41) is 4.18. The maximum Gasteiger partial charge on any atom is 0.220 e. The molecule has 0 aliphatic heterocycles. The van der Waals surface area contributed by atoms with Gasteiger partial charge in [0.15, 0.2) is 0 Å². The van der Waals surface area contributed by atoms with Gasteiger partial charge in [-0.05, 0) is 48.2 Å². The van der Waals surface area contributed by atoms with Gasteiger partial charge in [-0.25, -0.2) is 0 Å². The molecule has 1 aromatic heterocycles. The number of hydrogen-bond acceptors (Lipinski definition) is 2. The van der Waals surface area contributed by atoms with Crippen molar-refractivity contribution in [2.24, 2.45) is 5.73 Å². The minimum Gasteiger partial charge on any atom is -0.361 e. The average Bonchev–Trinajstić information content (AvgIpc) is 3.02. The normalized spacial score (nSPS) is 10.9. The van der Waals surface area contributed by atoms with Gasteiger partial charge in [0, 0.05) is 30.1 Å². The number of aromatic amines is 1. The van der Waals surface area contributed by atoms with Crippen LogP contribution in [0.25, 0.3) is 10.9 Å². The lowest BCUT2D eigenvalue weighted by molar-refractivity contribution is -0.121. The van der Waals surface area contributed by atoms with E-state index in [-0.39, 0.29) is 5.91 Å². The molecule has 1 heterocycles. The standard InChI is InChI=1S/C20H23N3O/c21-11-10-17-14-22-19-8-6-15(12-18(17)19)7-9-20(24)23-13-16-4-2-1-3-5-16/h1-6,8,12,14,22H,7,9-11,13,21H2,(H,23,24). The van der Waals surface area contributed by atoms with Crippen LogP contribution < -0.4 is 11.1 Å². The molecule has 0 unspecified atom stereocenters. The molecule has 0 spiro atoms. The second-order valence-corrected chi connectivity index (χ2v) is 5.99. The Morgan fingerprint density at radius 2 is 1.88 bits per heavy atom. The lowest BCUT2D eigenvalue weighted by Crippen LogP contribution is -2.22. The highest BCUT2D eigenvalue weighted by atomic mass is 16.1. The topological polar surface area (TPSA) is 70.9 Å². The summed E-state index contributed by atoms with van der Waals surface area (Å²) in [5.41, 5.74) is 10.3. The molecule has 4 N–H and O–H groups in total. The zero-order chi connectivity index (χ0) is 16.8. The minimum absolute atomic E-state index is 0.0789. The summed E-state index contributed by atoms with van der Waals surface area (Å²) >= 11 is 0. The summed E-state index contributed by atoms with van der Waals surface area (Å²) in [6.45, 7) is 1.22. The number of H-pyrrole nitrogens is 1. The quantitative estimate of drug-likeness (QED) is 0.626. The molecule has 0 fully saturated rings. The molecule has 4 heteroatoms. The highest BCUT2D eigenvalue weighted by molar-refractivity contribution is 5.84. The monoisotopic (exact) mass is 321 g/mol. The van der Waals surface area contributed by atoms with Crippen molar-refractivity contribution in [3.8, 4) is 0 Å². The van der Waals surface area contributed by atoms with Crippen LogP contribution in [-0.2, 0) is 24.2 Å². The average molecular weight is 321 g/mol. The molecule has 0 aliphatic rings. The summed E-state index contributed by atoms with van der Waals surface area (Å²) < 4.78 is 0. The Labute approximate surface area is 142 Å². The summed E-state index contributed by atoms with van der Waals surface area (Å²) in [7, 11) is 0. The van der Waals surface area contributed by atoms with E-state index in [1.54, 1.807) is 0 Å². The molecule has 1 amide bonds. The molecule has 0 saturated heterocycles. The Hall–Kier alpha value is -2.59. The Bertz CT molecular complexity index is 808. The van der Waals surface area contributed by atoms with E-state index in [0.717, 1.165) is 23.9 Å². The second-order valence-electron chi connectivity index (χ2n) is 5.99. The fraction of sp³-hybridized carbons (Fsp3) is 0.250. The SMILES string of the molecule is NCCc1c[nH]c2ccc(CCC(=O)NCc3ccccc3)cc12. The fourth-order valence-corrected chi connectivity index (χ4v) is 2.89. The van der Waals surface area contributed by atoms with Crippen LogP contribution in [0, 0.1) is 0 Å². The molecule has 3 aromatic rings. The van der Waals surface area contributed by atoms with Crippen LogP contribution in [-0.4, -0.2) is 17.4 Å². The first-order valence-electron chi connectivity index (χ1n) is 8.36. The number of nitrogens with one attached hydrogen (secondary N) is 2. The van der Waals surface area contributed by atoms with E-state index in [4.69, 9.17) is 5.73 Å². The van der Waals surface area contributed by atoms with Crippen LogP contribution in [0.2, 0.25) is 0 Å².